The van der Waals surface area contributed by atoms with Crippen LogP contribution in [0.15, 0.2) is 59.5 Å². The zero-order valence-corrected chi connectivity index (χ0v) is 12.3. The van der Waals surface area contributed by atoms with Crippen LogP contribution in [0.1, 0.15) is 11.7 Å². The van der Waals surface area contributed by atoms with Gasteiger partial charge in [-0.05, 0) is 30.0 Å². The molecule has 0 aromatic heterocycles. The molecule has 0 saturated carbocycles. The third-order valence-corrected chi connectivity index (χ3v) is 3.64. The van der Waals surface area contributed by atoms with Gasteiger partial charge in [0.05, 0.1) is 0 Å². The van der Waals surface area contributed by atoms with Gasteiger partial charge >= 0.3 is 0 Å². The molecule has 3 nitrogen and oxygen atoms in total. The van der Waals surface area contributed by atoms with Gasteiger partial charge < -0.3 is 10.1 Å². The van der Waals surface area contributed by atoms with Crippen LogP contribution >= 0.6 is 11.8 Å². The van der Waals surface area contributed by atoms with Crippen molar-refractivity contribution in [2.45, 2.75) is 11.0 Å². The molecular weight excluding hydrogens is 270 g/mol. The van der Waals surface area contributed by atoms with Crippen LogP contribution in [0.2, 0.25) is 0 Å². The second-order valence-corrected chi connectivity index (χ2v) is 5.13. The topological polar surface area (TPSA) is 38.3 Å². The number of benzene rings is 2. The third kappa shape index (κ3) is 3.62. The molecule has 0 aliphatic heterocycles. The number of thioether (sulfide) groups is 1. The highest BCUT2D eigenvalue weighted by molar-refractivity contribution is 7.98. The first kappa shape index (κ1) is 14.6. The molecule has 1 amide bonds. The summed E-state index contributed by atoms with van der Waals surface area (Å²) in [6, 6.07) is 17.2. The minimum Gasteiger partial charge on any atom is -0.367 e. The Balaban J connectivity index is 2.13. The molecular formula is C16H17NO2S. The fourth-order valence-electron chi connectivity index (χ4n) is 1.93. The molecule has 0 bridgehead atoms. The lowest BCUT2D eigenvalue weighted by atomic mass is 10.1. The smallest absolute Gasteiger partial charge is 0.258 e. The molecule has 0 radical (unpaired) electrons. The van der Waals surface area contributed by atoms with Crippen molar-refractivity contribution in [2.75, 3.05) is 18.7 Å². The summed E-state index contributed by atoms with van der Waals surface area (Å²) in [5.41, 5.74) is 1.62. The van der Waals surface area contributed by atoms with Crippen LogP contribution in [0.5, 0.6) is 0 Å². The van der Waals surface area contributed by atoms with Crippen LogP contribution in [0.25, 0.3) is 0 Å². The third-order valence-electron chi connectivity index (χ3n) is 2.91. The maximum Gasteiger partial charge on any atom is 0.258 e. The van der Waals surface area contributed by atoms with Crippen LogP contribution in [0, 0.1) is 0 Å². The van der Waals surface area contributed by atoms with Gasteiger partial charge in [-0.3, -0.25) is 4.79 Å². The summed E-state index contributed by atoms with van der Waals surface area (Å²) in [4.78, 5) is 13.4. The highest BCUT2D eigenvalue weighted by atomic mass is 32.2. The standard InChI is InChI=1S/C16H17NO2S/c1-19-15(12-7-4-3-5-8-12)16(18)17-13-9-6-10-14(11-13)20-2/h3-11,15H,1-2H3,(H,17,18)/t15-/m1/s1. The van der Waals surface area contributed by atoms with Gasteiger partial charge in [0.15, 0.2) is 6.10 Å². The van der Waals surface area contributed by atoms with E-state index in [9.17, 15) is 4.79 Å². The second-order valence-electron chi connectivity index (χ2n) is 4.25. The molecule has 1 atom stereocenters. The van der Waals surface area contributed by atoms with Gasteiger partial charge in [-0.25, -0.2) is 0 Å². The minimum atomic E-state index is -0.603. The van der Waals surface area contributed by atoms with Gasteiger partial charge in [-0.1, -0.05) is 36.4 Å². The van der Waals surface area contributed by atoms with Crippen LogP contribution in [0.4, 0.5) is 5.69 Å². The number of ether oxygens (including phenoxy) is 1. The first-order valence-electron chi connectivity index (χ1n) is 6.27. The van der Waals surface area contributed by atoms with E-state index in [2.05, 4.69) is 5.32 Å². The van der Waals surface area contributed by atoms with E-state index in [0.29, 0.717) is 0 Å². The average Bonchev–Trinajstić information content (AvgIpc) is 2.49. The molecule has 0 aliphatic rings. The normalized spacial score (nSPS) is 11.9. The Morgan fingerprint density at radius 2 is 1.90 bits per heavy atom. The van der Waals surface area contributed by atoms with Crippen LogP contribution < -0.4 is 5.32 Å². The van der Waals surface area contributed by atoms with Crippen molar-refractivity contribution >= 4 is 23.4 Å². The van der Waals surface area contributed by atoms with Crippen molar-refractivity contribution in [3.05, 3.63) is 60.2 Å². The molecule has 20 heavy (non-hydrogen) atoms. The molecule has 0 aliphatic carbocycles. The van der Waals surface area contributed by atoms with E-state index in [-0.39, 0.29) is 5.91 Å². The minimum absolute atomic E-state index is 0.169. The van der Waals surface area contributed by atoms with Gasteiger partial charge in [0.25, 0.3) is 5.91 Å². The summed E-state index contributed by atoms with van der Waals surface area (Å²) < 4.78 is 5.31. The van der Waals surface area contributed by atoms with Gasteiger partial charge in [-0.15, -0.1) is 11.8 Å². The summed E-state index contributed by atoms with van der Waals surface area (Å²) in [7, 11) is 1.54. The van der Waals surface area contributed by atoms with E-state index < -0.39 is 6.10 Å². The van der Waals surface area contributed by atoms with Gasteiger partial charge in [0.2, 0.25) is 0 Å². The molecule has 0 fully saturated rings. The quantitative estimate of drug-likeness (QED) is 0.851. The van der Waals surface area contributed by atoms with E-state index in [1.165, 1.54) is 7.11 Å². The van der Waals surface area contributed by atoms with Crippen molar-refractivity contribution in [3.8, 4) is 0 Å². The lowest BCUT2D eigenvalue weighted by Crippen LogP contribution is -2.22. The van der Waals surface area contributed by atoms with E-state index in [4.69, 9.17) is 4.74 Å². The summed E-state index contributed by atoms with van der Waals surface area (Å²) in [6.07, 6.45) is 1.40. The molecule has 2 rings (SSSR count). The van der Waals surface area contributed by atoms with Crippen molar-refractivity contribution in [2.24, 2.45) is 0 Å². The molecule has 1 N–H and O–H groups in total. The Hall–Kier alpha value is -1.78. The van der Waals surface area contributed by atoms with E-state index in [1.54, 1.807) is 11.8 Å². The predicted molar refractivity (Wildman–Crippen MR) is 83.0 cm³/mol. The molecule has 104 valence electrons. The van der Waals surface area contributed by atoms with Gasteiger partial charge in [-0.2, -0.15) is 0 Å². The molecule has 4 heteroatoms. The molecule has 2 aromatic rings. The maximum absolute atomic E-state index is 12.3. The number of hydrogen-bond donors (Lipinski definition) is 1. The Labute approximate surface area is 123 Å². The largest absolute Gasteiger partial charge is 0.367 e. The molecule has 0 saturated heterocycles. The molecule has 0 unspecified atom stereocenters. The zero-order valence-electron chi connectivity index (χ0n) is 11.5. The number of nitrogens with one attached hydrogen (secondary N) is 1. The zero-order chi connectivity index (χ0) is 14.4. The van der Waals surface area contributed by atoms with Crippen molar-refractivity contribution in [3.63, 3.8) is 0 Å². The predicted octanol–water partition coefficient (Wildman–Crippen LogP) is 3.73. The average molecular weight is 287 g/mol. The van der Waals surface area contributed by atoms with Crippen LogP contribution in [0.3, 0.4) is 0 Å². The molecule has 0 spiro atoms. The fourth-order valence-corrected chi connectivity index (χ4v) is 2.39. The monoisotopic (exact) mass is 287 g/mol. The Morgan fingerprint density at radius 3 is 2.55 bits per heavy atom. The Kier molecular flexibility index (Phi) is 5.21. The summed E-state index contributed by atoms with van der Waals surface area (Å²) >= 11 is 1.64. The van der Waals surface area contributed by atoms with Crippen molar-refractivity contribution in [1.29, 1.82) is 0 Å². The number of hydrogen-bond acceptors (Lipinski definition) is 3. The molecule has 0 heterocycles. The fraction of sp³-hybridized carbons (Fsp3) is 0.188. The number of anilines is 1. The maximum atomic E-state index is 12.3. The van der Waals surface area contributed by atoms with Crippen LogP contribution in [-0.4, -0.2) is 19.3 Å². The highest BCUT2D eigenvalue weighted by Crippen LogP contribution is 2.22. The van der Waals surface area contributed by atoms with Crippen LogP contribution in [-0.2, 0) is 9.53 Å². The lowest BCUT2D eigenvalue weighted by Gasteiger charge is -2.15. The van der Waals surface area contributed by atoms with E-state index >= 15 is 0 Å². The number of rotatable bonds is 5. The van der Waals surface area contributed by atoms with Crippen molar-refractivity contribution in [1.82, 2.24) is 0 Å². The summed E-state index contributed by atoms with van der Waals surface area (Å²) in [5, 5.41) is 2.89. The highest BCUT2D eigenvalue weighted by Gasteiger charge is 2.19. The first-order chi connectivity index (χ1) is 9.74. The van der Waals surface area contributed by atoms with Gasteiger partial charge in [0.1, 0.15) is 0 Å². The first-order valence-corrected chi connectivity index (χ1v) is 7.49. The van der Waals surface area contributed by atoms with E-state index in [1.807, 2.05) is 60.9 Å². The second kappa shape index (κ2) is 7.12. The Morgan fingerprint density at radius 1 is 1.15 bits per heavy atom. The lowest BCUT2D eigenvalue weighted by molar-refractivity contribution is -0.126. The summed E-state index contributed by atoms with van der Waals surface area (Å²) in [5.74, 6) is -0.169. The van der Waals surface area contributed by atoms with Crippen molar-refractivity contribution < 1.29 is 9.53 Å². The number of methoxy groups -OCH3 is 1. The van der Waals surface area contributed by atoms with E-state index in [0.717, 1.165) is 16.1 Å². The van der Waals surface area contributed by atoms with Gasteiger partial charge in [0, 0.05) is 17.7 Å². The number of carbonyl (C=O) groups is 1. The summed E-state index contributed by atoms with van der Waals surface area (Å²) in [6.45, 7) is 0. The number of amides is 1. The Bertz CT molecular complexity index is 572. The SMILES string of the molecule is CO[C@@H](C(=O)Nc1cccc(SC)c1)c1ccccc1. The number of carbonyl (C=O) groups excluding carboxylic acids is 1. The molecule has 2 aromatic carbocycles.